The van der Waals surface area contributed by atoms with Crippen LogP contribution in [0, 0.1) is 0 Å². The molecule has 8 heteroatoms. The number of rotatable bonds is 5. The largest absolute Gasteiger partial charge is 0.383 e. The van der Waals surface area contributed by atoms with E-state index in [4.69, 9.17) is 10.3 Å². The van der Waals surface area contributed by atoms with Crippen molar-refractivity contribution in [3.05, 3.63) is 41.9 Å². The highest BCUT2D eigenvalue weighted by atomic mass is 16.5. The van der Waals surface area contributed by atoms with Crippen LogP contribution in [0.5, 0.6) is 0 Å². The third kappa shape index (κ3) is 3.64. The van der Waals surface area contributed by atoms with Gasteiger partial charge in [0.25, 0.3) is 11.8 Å². The fraction of sp³-hybridized carbons (Fsp3) is 0.316. The second kappa shape index (κ2) is 6.79. The number of hydrogen-bond acceptors (Lipinski definition) is 7. The molecule has 0 bridgehead atoms. The molecule has 0 aliphatic heterocycles. The van der Waals surface area contributed by atoms with Gasteiger partial charge in [0.05, 0.1) is 5.56 Å². The molecule has 1 saturated carbocycles. The molecule has 4 rings (SSSR count). The molecule has 0 saturated heterocycles. The van der Waals surface area contributed by atoms with Crippen LogP contribution >= 0.6 is 0 Å². The lowest BCUT2D eigenvalue weighted by molar-refractivity contribution is 0.0943. The number of carbonyl (C=O) groups excluding carboxylic acids is 1. The van der Waals surface area contributed by atoms with Gasteiger partial charge < -0.3 is 15.6 Å². The van der Waals surface area contributed by atoms with Crippen LogP contribution < -0.4 is 11.1 Å². The predicted octanol–water partition coefficient (Wildman–Crippen LogP) is 2.79. The summed E-state index contributed by atoms with van der Waals surface area (Å²) in [5.41, 5.74) is 7.87. The predicted molar refractivity (Wildman–Crippen MR) is 99.7 cm³/mol. The van der Waals surface area contributed by atoms with Crippen molar-refractivity contribution >= 4 is 11.7 Å². The molecular formula is C19H20N6O2. The van der Waals surface area contributed by atoms with Crippen molar-refractivity contribution in [2.75, 3.05) is 5.73 Å². The highest BCUT2D eigenvalue weighted by molar-refractivity contribution is 5.94. The minimum Gasteiger partial charge on any atom is -0.383 e. The van der Waals surface area contributed by atoms with Crippen molar-refractivity contribution in [2.45, 2.75) is 38.6 Å². The van der Waals surface area contributed by atoms with Gasteiger partial charge in [-0.2, -0.15) is 4.98 Å². The Bertz CT molecular complexity index is 976. The third-order valence-electron chi connectivity index (χ3n) is 4.26. The van der Waals surface area contributed by atoms with Crippen LogP contribution in [-0.2, 0) is 0 Å². The van der Waals surface area contributed by atoms with Crippen LogP contribution in [0.2, 0.25) is 0 Å². The summed E-state index contributed by atoms with van der Waals surface area (Å²) in [6, 6.07) is 7.05. The van der Waals surface area contributed by atoms with Gasteiger partial charge in [0.2, 0.25) is 5.82 Å². The van der Waals surface area contributed by atoms with E-state index >= 15 is 0 Å². The number of amides is 1. The summed E-state index contributed by atoms with van der Waals surface area (Å²) in [5, 5.41) is 6.83. The molecule has 0 atom stereocenters. The summed E-state index contributed by atoms with van der Waals surface area (Å²) >= 11 is 0. The van der Waals surface area contributed by atoms with E-state index in [-0.39, 0.29) is 11.9 Å². The maximum absolute atomic E-state index is 12.0. The highest BCUT2D eigenvalue weighted by Crippen LogP contribution is 2.38. The third-order valence-corrected chi connectivity index (χ3v) is 4.26. The smallest absolute Gasteiger partial charge is 0.258 e. The lowest BCUT2D eigenvalue weighted by Gasteiger charge is -2.08. The monoisotopic (exact) mass is 364 g/mol. The number of nitrogen functional groups attached to an aromatic ring is 1. The number of nitrogens with one attached hydrogen (secondary N) is 1. The SMILES string of the molecule is CC(C)NC(=O)c1ccc(-c2nc(-c3cnc(C4CC4)nc3N)no2)cc1. The van der Waals surface area contributed by atoms with Crippen molar-refractivity contribution in [2.24, 2.45) is 0 Å². The fourth-order valence-corrected chi connectivity index (χ4v) is 2.68. The molecule has 1 fully saturated rings. The molecule has 2 heterocycles. The minimum absolute atomic E-state index is 0.0784. The van der Waals surface area contributed by atoms with Crippen molar-refractivity contribution in [3.8, 4) is 22.8 Å². The molecule has 1 aliphatic carbocycles. The zero-order valence-corrected chi connectivity index (χ0v) is 15.1. The number of nitrogens with two attached hydrogens (primary N) is 1. The van der Waals surface area contributed by atoms with E-state index < -0.39 is 0 Å². The van der Waals surface area contributed by atoms with E-state index in [0.29, 0.717) is 40.1 Å². The van der Waals surface area contributed by atoms with E-state index in [1.54, 1.807) is 30.5 Å². The molecule has 3 N–H and O–H groups in total. The molecule has 0 spiro atoms. The van der Waals surface area contributed by atoms with Gasteiger partial charge in [0.15, 0.2) is 0 Å². The van der Waals surface area contributed by atoms with Gasteiger partial charge in [-0.1, -0.05) is 5.16 Å². The summed E-state index contributed by atoms with van der Waals surface area (Å²) in [4.78, 5) is 25.1. The van der Waals surface area contributed by atoms with Crippen LogP contribution in [0.15, 0.2) is 35.0 Å². The first-order chi connectivity index (χ1) is 13.0. The van der Waals surface area contributed by atoms with Crippen LogP contribution in [0.3, 0.4) is 0 Å². The van der Waals surface area contributed by atoms with Crippen LogP contribution in [0.25, 0.3) is 22.8 Å². The Morgan fingerprint density at radius 2 is 1.96 bits per heavy atom. The Labute approximate surface area is 156 Å². The molecule has 3 aromatic rings. The van der Waals surface area contributed by atoms with Crippen LogP contribution in [-0.4, -0.2) is 32.1 Å². The van der Waals surface area contributed by atoms with E-state index in [0.717, 1.165) is 18.7 Å². The molecule has 138 valence electrons. The van der Waals surface area contributed by atoms with E-state index in [1.165, 1.54) is 0 Å². The van der Waals surface area contributed by atoms with Crippen molar-refractivity contribution < 1.29 is 9.32 Å². The summed E-state index contributed by atoms with van der Waals surface area (Å²) in [6.45, 7) is 3.83. The Morgan fingerprint density at radius 3 is 2.59 bits per heavy atom. The molecular weight excluding hydrogens is 344 g/mol. The topological polar surface area (TPSA) is 120 Å². The second-order valence-electron chi connectivity index (χ2n) is 6.93. The van der Waals surface area contributed by atoms with Gasteiger partial charge in [-0.3, -0.25) is 4.79 Å². The summed E-state index contributed by atoms with van der Waals surface area (Å²) < 4.78 is 5.34. The normalized spacial score (nSPS) is 13.7. The van der Waals surface area contributed by atoms with Crippen LogP contribution in [0.4, 0.5) is 5.82 Å². The number of benzene rings is 1. The number of hydrogen-bond donors (Lipinski definition) is 2. The summed E-state index contributed by atoms with van der Waals surface area (Å²) in [6.07, 6.45) is 3.86. The zero-order chi connectivity index (χ0) is 19.0. The fourth-order valence-electron chi connectivity index (χ4n) is 2.68. The first kappa shape index (κ1) is 17.1. The maximum atomic E-state index is 12.0. The van der Waals surface area contributed by atoms with Gasteiger partial charge >= 0.3 is 0 Å². The van der Waals surface area contributed by atoms with Gasteiger partial charge in [-0.25, -0.2) is 9.97 Å². The van der Waals surface area contributed by atoms with Crippen LogP contribution in [0.1, 0.15) is 48.8 Å². The number of anilines is 1. The molecule has 0 radical (unpaired) electrons. The number of nitrogens with zero attached hydrogens (tertiary/aromatic N) is 4. The highest BCUT2D eigenvalue weighted by Gasteiger charge is 2.27. The minimum atomic E-state index is -0.122. The second-order valence-corrected chi connectivity index (χ2v) is 6.93. The Kier molecular flexibility index (Phi) is 4.31. The summed E-state index contributed by atoms with van der Waals surface area (Å²) in [7, 11) is 0. The van der Waals surface area contributed by atoms with Gasteiger partial charge in [-0.05, 0) is 51.0 Å². The van der Waals surface area contributed by atoms with Gasteiger partial charge in [-0.15, -0.1) is 0 Å². The molecule has 1 aromatic carbocycles. The number of aromatic nitrogens is 4. The van der Waals surface area contributed by atoms with E-state index in [1.807, 2.05) is 13.8 Å². The average Bonchev–Trinajstić information content (AvgIpc) is 3.39. The molecule has 2 aromatic heterocycles. The van der Waals surface area contributed by atoms with Gasteiger partial charge in [0, 0.05) is 29.3 Å². The molecule has 27 heavy (non-hydrogen) atoms. The Morgan fingerprint density at radius 1 is 1.22 bits per heavy atom. The van der Waals surface area contributed by atoms with E-state index in [9.17, 15) is 4.79 Å². The lowest BCUT2D eigenvalue weighted by atomic mass is 10.1. The lowest BCUT2D eigenvalue weighted by Crippen LogP contribution is -2.29. The quantitative estimate of drug-likeness (QED) is 0.714. The first-order valence-corrected chi connectivity index (χ1v) is 8.89. The Balaban J connectivity index is 1.55. The van der Waals surface area contributed by atoms with E-state index in [2.05, 4.69) is 25.4 Å². The van der Waals surface area contributed by atoms with Crippen molar-refractivity contribution in [1.82, 2.24) is 25.4 Å². The molecule has 8 nitrogen and oxygen atoms in total. The molecule has 0 unspecified atom stereocenters. The Hall–Kier alpha value is -3.29. The average molecular weight is 364 g/mol. The first-order valence-electron chi connectivity index (χ1n) is 8.89. The van der Waals surface area contributed by atoms with Gasteiger partial charge in [0.1, 0.15) is 11.6 Å². The summed E-state index contributed by atoms with van der Waals surface area (Å²) in [5.74, 6) is 2.10. The number of carbonyl (C=O) groups is 1. The molecule has 1 aliphatic rings. The standard InChI is InChI=1S/C19H20N6O2/c1-10(2)22-18(26)12-5-7-13(8-6-12)19-24-17(25-27-19)14-9-21-16(11-3-4-11)23-15(14)20/h5-11H,3-4H2,1-2H3,(H,22,26)(H2,20,21,23). The zero-order valence-electron chi connectivity index (χ0n) is 15.1. The van der Waals surface area contributed by atoms with Crippen molar-refractivity contribution in [3.63, 3.8) is 0 Å². The molecule has 1 amide bonds. The maximum Gasteiger partial charge on any atom is 0.258 e. The van der Waals surface area contributed by atoms with Crippen molar-refractivity contribution in [1.29, 1.82) is 0 Å².